The average molecular weight is 227 g/mol. The molecule has 0 saturated carbocycles. The number of nitrogens with two attached hydrogens (primary N) is 1. The highest BCUT2D eigenvalue weighted by atomic mass is 14.7. The van der Waals surface area contributed by atoms with E-state index in [0.717, 1.165) is 11.8 Å². The van der Waals surface area contributed by atoms with Crippen molar-refractivity contribution in [3.63, 3.8) is 0 Å². The van der Waals surface area contributed by atoms with Gasteiger partial charge in [0.15, 0.2) is 0 Å². The second kappa shape index (κ2) is 9.04. The molecule has 0 aromatic heterocycles. The topological polar surface area (TPSA) is 26.0 Å². The predicted molar refractivity (Wildman–Crippen MR) is 74.5 cm³/mol. The van der Waals surface area contributed by atoms with Gasteiger partial charge < -0.3 is 5.73 Å². The van der Waals surface area contributed by atoms with Crippen LogP contribution in [0.15, 0.2) is 0 Å². The fourth-order valence-corrected chi connectivity index (χ4v) is 2.48. The minimum atomic E-state index is 0.411. The first-order valence-electron chi connectivity index (χ1n) is 7.32. The van der Waals surface area contributed by atoms with Crippen molar-refractivity contribution in [1.82, 2.24) is 0 Å². The van der Waals surface area contributed by atoms with Crippen molar-refractivity contribution in [1.29, 1.82) is 0 Å². The van der Waals surface area contributed by atoms with E-state index >= 15 is 0 Å². The van der Waals surface area contributed by atoms with Gasteiger partial charge in [-0.1, -0.05) is 60.3 Å². The van der Waals surface area contributed by atoms with Gasteiger partial charge in [-0.2, -0.15) is 0 Å². The Balaban J connectivity index is 4.05. The van der Waals surface area contributed by atoms with Gasteiger partial charge in [-0.25, -0.2) is 0 Å². The largest absolute Gasteiger partial charge is 0.327 e. The highest BCUT2D eigenvalue weighted by Gasteiger charge is 2.21. The van der Waals surface area contributed by atoms with Gasteiger partial charge in [0.2, 0.25) is 0 Å². The molecule has 0 saturated heterocycles. The summed E-state index contributed by atoms with van der Waals surface area (Å²) in [6.45, 7) is 11.5. The number of hydrogen-bond acceptors (Lipinski definition) is 1. The molecule has 1 nitrogen and oxygen atoms in total. The fourth-order valence-electron chi connectivity index (χ4n) is 2.48. The van der Waals surface area contributed by atoms with Gasteiger partial charge in [0.05, 0.1) is 0 Å². The van der Waals surface area contributed by atoms with E-state index in [2.05, 4.69) is 34.6 Å². The van der Waals surface area contributed by atoms with Crippen LogP contribution in [-0.2, 0) is 0 Å². The van der Waals surface area contributed by atoms with E-state index in [1.165, 1.54) is 38.5 Å². The van der Waals surface area contributed by atoms with Crippen molar-refractivity contribution in [2.24, 2.45) is 23.5 Å². The summed E-state index contributed by atoms with van der Waals surface area (Å²) >= 11 is 0. The van der Waals surface area contributed by atoms with E-state index in [1.807, 2.05) is 0 Å². The zero-order valence-electron chi connectivity index (χ0n) is 12.1. The Kier molecular flexibility index (Phi) is 9.02. The lowest BCUT2D eigenvalue weighted by Gasteiger charge is -2.28. The van der Waals surface area contributed by atoms with E-state index in [0.29, 0.717) is 12.0 Å². The fraction of sp³-hybridized carbons (Fsp3) is 1.00. The van der Waals surface area contributed by atoms with Crippen LogP contribution in [0.3, 0.4) is 0 Å². The normalized spacial score (nSPS) is 19.1. The monoisotopic (exact) mass is 227 g/mol. The predicted octanol–water partition coefficient (Wildman–Crippen LogP) is 4.60. The number of hydrogen-bond donors (Lipinski definition) is 1. The van der Waals surface area contributed by atoms with Crippen molar-refractivity contribution >= 4 is 0 Å². The first-order chi connectivity index (χ1) is 7.56. The molecule has 0 aromatic carbocycles. The third kappa shape index (κ3) is 5.89. The summed E-state index contributed by atoms with van der Waals surface area (Å²) in [5.41, 5.74) is 6.39. The van der Waals surface area contributed by atoms with Gasteiger partial charge in [-0.3, -0.25) is 0 Å². The molecule has 0 aliphatic heterocycles. The molecule has 16 heavy (non-hydrogen) atoms. The Hall–Kier alpha value is -0.0400. The Bertz CT molecular complexity index is 156. The second-order valence-corrected chi connectivity index (χ2v) is 5.60. The van der Waals surface area contributed by atoms with E-state index < -0.39 is 0 Å². The maximum atomic E-state index is 6.39. The summed E-state index contributed by atoms with van der Waals surface area (Å²) in [4.78, 5) is 0. The molecule has 0 bridgehead atoms. The summed E-state index contributed by atoms with van der Waals surface area (Å²) in [7, 11) is 0. The van der Waals surface area contributed by atoms with Crippen LogP contribution >= 0.6 is 0 Å². The molecule has 0 aromatic rings. The Labute approximate surface area is 103 Å². The van der Waals surface area contributed by atoms with Gasteiger partial charge in [0, 0.05) is 6.04 Å². The molecule has 98 valence electrons. The Morgan fingerprint density at radius 2 is 1.50 bits per heavy atom. The number of rotatable bonds is 9. The summed E-state index contributed by atoms with van der Waals surface area (Å²) in [6, 6.07) is 0.411. The first-order valence-corrected chi connectivity index (χ1v) is 7.32. The molecule has 2 N–H and O–H groups in total. The summed E-state index contributed by atoms with van der Waals surface area (Å²) in [5.74, 6) is 2.28. The van der Waals surface area contributed by atoms with E-state index in [-0.39, 0.29) is 0 Å². The van der Waals surface area contributed by atoms with Crippen molar-refractivity contribution in [3.8, 4) is 0 Å². The van der Waals surface area contributed by atoms with Gasteiger partial charge >= 0.3 is 0 Å². The molecule has 4 unspecified atom stereocenters. The lowest BCUT2D eigenvalue weighted by Crippen LogP contribution is -2.36. The third-order valence-corrected chi connectivity index (χ3v) is 4.20. The smallest absolute Gasteiger partial charge is 0.00928 e. The van der Waals surface area contributed by atoms with Gasteiger partial charge in [0.1, 0.15) is 0 Å². The standard InChI is InChI=1S/C15H33N/c1-6-9-13(5)15(16)14(8-3)11-10-12(4)7-2/h12-15H,6-11,16H2,1-5H3. The van der Waals surface area contributed by atoms with Crippen molar-refractivity contribution in [2.75, 3.05) is 0 Å². The second-order valence-electron chi connectivity index (χ2n) is 5.60. The SMILES string of the molecule is CCCC(C)C(N)C(CC)CCC(C)CC. The van der Waals surface area contributed by atoms with E-state index in [4.69, 9.17) is 5.73 Å². The molecule has 0 heterocycles. The van der Waals surface area contributed by atoms with Crippen molar-refractivity contribution in [3.05, 3.63) is 0 Å². The third-order valence-electron chi connectivity index (χ3n) is 4.20. The molecule has 0 rings (SSSR count). The molecule has 0 aliphatic carbocycles. The van der Waals surface area contributed by atoms with Crippen LogP contribution in [-0.4, -0.2) is 6.04 Å². The first kappa shape index (κ1) is 16.0. The lowest BCUT2D eigenvalue weighted by atomic mass is 9.82. The van der Waals surface area contributed by atoms with Crippen LogP contribution in [0.25, 0.3) is 0 Å². The summed E-state index contributed by atoms with van der Waals surface area (Å²) < 4.78 is 0. The van der Waals surface area contributed by atoms with Crippen LogP contribution in [0.5, 0.6) is 0 Å². The Morgan fingerprint density at radius 1 is 0.875 bits per heavy atom. The zero-order chi connectivity index (χ0) is 12.6. The lowest BCUT2D eigenvalue weighted by molar-refractivity contribution is 0.271. The zero-order valence-corrected chi connectivity index (χ0v) is 12.1. The molecular formula is C15H33N. The van der Waals surface area contributed by atoms with E-state index in [9.17, 15) is 0 Å². The molecule has 1 heteroatoms. The van der Waals surface area contributed by atoms with Crippen LogP contribution in [0, 0.1) is 17.8 Å². The molecule has 4 atom stereocenters. The maximum Gasteiger partial charge on any atom is 0.00928 e. The van der Waals surface area contributed by atoms with Crippen LogP contribution in [0.2, 0.25) is 0 Å². The van der Waals surface area contributed by atoms with Crippen molar-refractivity contribution < 1.29 is 0 Å². The van der Waals surface area contributed by atoms with E-state index in [1.54, 1.807) is 0 Å². The summed E-state index contributed by atoms with van der Waals surface area (Å²) in [6.07, 6.45) is 7.75. The minimum Gasteiger partial charge on any atom is -0.327 e. The van der Waals surface area contributed by atoms with Gasteiger partial charge in [-0.15, -0.1) is 0 Å². The van der Waals surface area contributed by atoms with Gasteiger partial charge in [-0.05, 0) is 30.6 Å². The highest BCUT2D eigenvalue weighted by Crippen LogP contribution is 2.25. The molecule has 0 spiro atoms. The molecular weight excluding hydrogens is 194 g/mol. The highest BCUT2D eigenvalue weighted by molar-refractivity contribution is 4.77. The maximum absolute atomic E-state index is 6.39. The molecule has 0 fully saturated rings. The van der Waals surface area contributed by atoms with Crippen LogP contribution in [0.1, 0.15) is 73.1 Å². The summed E-state index contributed by atoms with van der Waals surface area (Å²) in [5, 5.41) is 0. The minimum absolute atomic E-state index is 0.411. The molecule has 0 radical (unpaired) electrons. The van der Waals surface area contributed by atoms with Crippen LogP contribution in [0.4, 0.5) is 0 Å². The quantitative estimate of drug-likeness (QED) is 0.612. The van der Waals surface area contributed by atoms with Gasteiger partial charge in [0.25, 0.3) is 0 Å². The van der Waals surface area contributed by atoms with Crippen molar-refractivity contribution in [2.45, 2.75) is 79.2 Å². The molecule has 0 amide bonds. The Morgan fingerprint density at radius 3 is 1.94 bits per heavy atom. The molecule has 0 aliphatic rings. The average Bonchev–Trinajstić information content (AvgIpc) is 2.29. The van der Waals surface area contributed by atoms with Crippen LogP contribution < -0.4 is 5.73 Å².